The van der Waals surface area contributed by atoms with Gasteiger partial charge in [-0.05, 0) is 48.4 Å². The Kier molecular flexibility index (Phi) is 5.04. The van der Waals surface area contributed by atoms with E-state index in [1.165, 1.54) is 13.2 Å². The molecule has 0 bridgehead atoms. The molecule has 2 aromatic rings. The molecule has 3 nitrogen and oxygen atoms in total. The van der Waals surface area contributed by atoms with E-state index in [4.69, 9.17) is 26.8 Å². The SMILES string of the molecule is COc1ccc(C(N)COc2ccc(Cl)c(C)c2)cc1F. The summed E-state index contributed by atoms with van der Waals surface area (Å²) in [6.07, 6.45) is 0. The van der Waals surface area contributed by atoms with Crippen LogP contribution in [-0.2, 0) is 0 Å². The smallest absolute Gasteiger partial charge is 0.165 e. The highest BCUT2D eigenvalue weighted by molar-refractivity contribution is 6.31. The molecule has 21 heavy (non-hydrogen) atoms. The van der Waals surface area contributed by atoms with E-state index in [0.29, 0.717) is 16.3 Å². The second-order valence-corrected chi connectivity index (χ2v) is 5.13. The summed E-state index contributed by atoms with van der Waals surface area (Å²) in [4.78, 5) is 0. The molecule has 0 saturated carbocycles. The van der Waals surface area contributed by atoms with Gasteiger partial charge in [0.25, 0.3) is 0 Å². The lowest BCUT2D eigenvalue weighted by Crippen LogP contribution is -2.19. The predicted molar refractivity (Wildman–Crippen MR) is 81.6 cm³/mol. The molecule has 0 spiro atoms. The van der Waals surface area contributed by atoms with Crippen molar-refractivity contribution in [2.24, 2.45) is 5.73 Å². The fourth-order valence-electron chi connectivity index (χ4n) is 1.90. The van der Waals surface area contributed by atoms with Gasteiger partial charge in [-0.2, -0.15) is 0 Å². The molecule has 0 amide bonds. The number of nitrogens with two attached hydrogens (primary N) is 1. The molecule has 0 aliphatic rings. The maximum atomic E-state index is 13.6. The number of aryl methyl sites for hydroxylation is 1. The number of rotatable bonds is 5. The van der Waals surface area contributed by atoms with Gasteiger partial charge in [0.15, 0.2) is 11.6 Å². The number of hydrogen-bond donors (Lipinski definition) is 1. The first-order valence-corrected chi connectivity index (χ1v) is 6.87. The summed E-state index contributed by atoms with van der Waals surface area (Å²) in [6.45, 7) is 2.14. The Balaban J connectivity index is 2.02. The first-order valence-electron chi connectivity index (χ1n) is 6.49. The standard InChI is InChI=1S/C16H17ClFNO2/c1-10-7-12(4-5-13(10)17)21-9-15(19)11-3-6-16(20-2)14(18)8-11/h3-8,15H,9,19H2,1-2H3. The van der Waals surface area contributed by atoms with E-state index in [1.54, 1.807) is 24.3 Å². The quantitative estimate of drug-likeness (QED) is 0.911. The van der Waals surface area contributed by atoms with Crippen molar-refractivity contribution < 1.29 is 13.9 Å². The van der Waals surface area contributed by atoms with Crippen molar-refractivity contribution in [3.8, 4) is 11.5 Å². The third kappa shape index (κ3) is 3.86. The summed E-state index contributed by atoms with van der Waals surface area (Å²) in [5.74, 6) is 0.439. The molecule has 0 saturated heterocycles. The van der Waals surface area contributed by atoms with Crippen LogP contribution in [0.1, 0.15) is 17.2 Å². The topological polar surface area (TPSA) is 44.5 Å². The molecule has 112 valence electrons. The Labute approximate surface area is 128 Å². The highest BCUT2D eigenvalue weighted by Gasteiger charge is 2.11. The average Bonchev–Trinajstić information content (AvgIpc) is 2.48. The van der Waals surface area contributed by atoms with Crippen molar-refractivity contribution in [3.05, 3.63) is 58.4 Å². The summed E-state index contributed by atoms with van der Waals surface area (Å²) < 4.78 is 24.1. The molecule has 0 aliphatic heterocycles. The summed E-state index contributed by atoms with van der Waals surface area (Å²) in [5.41, 5.74) is 7.59. The third-order valence-corrected chi connectivity index (χ3v) is 3.59. The van der Waals surface area contributed by atoms with Gasteiger partial charge in [0.1, 0.15) is 12.4 Å². The fraction of sp³-hybridized carbons (Fsp3) is 0.250. The molecular weight excluding hydrogens is 293 g/mol. The number of halogens is 2. The Morgan fingerprint density at radius 3 is 2.62 bits per heavy atom. The van der Waals surface area contributed by atoms with E-state index in [1.807, 2.05) is 13.0 Å². The minimum Gasteiger partial charge on any atom is -0.494 e. The average molecular weight is 310 g/mol. The zero-order chi connectivity index (χ0) is 15.4. The maximum absolute atomic E-state index is 13.6. The number of benzene rings is 2. The van der Waals surface area contributed by atoms with Crippen LogP contribution in [-0.4, -0.2) is 13.7 Å². The molecule has 2 aromatic carbocycles. The zero-order valence-electron chi connectivity index (χ0n) is 11.9. The lowest BCUT2D eigenvalue weighted by atomic mass is 10.1. The summed E-state index contributed by atoms with van der Waals surface area (Å²) in [6, 6.07) is 9.59. The van der Waals surface area contributed by atoms with Gasteiger partial charge < -0.3 is 15.2 Å². The van der Waals surface area contributed by atoms with Crippen molar-refractivity contribution in [1.29, 1.82) is 0 Å². The molecule has 0 heterocycles. The molecule has 1 atom stereocenters. The molecule has 2 N–H and O–H groups in total. The Morgan fingerprint density at radius 2 is 2.00 bits per heavy atom. The van der Waals surface area contributed by atoms with E-state index < -0.39 is 11.9 Å². The molecule has 1 unspecified atom stereocenters. The lowest BCUT2D eigenvalue weighted by Gasteiger charge is -2.15. The van der Waals surface area contributed by atoms with Crippen LogP contribution in [0.2, 0.25) is 5.02 Å². The fourth-order valence-corrected chi connectivity index (χ4v) is 2.02. The van der Waals surface area contributed by atoms with Crippen LogP contribution in [0, 0.1) is 12.7 Å². The van der Waals surface area contributed by atoms with E-state index in [0.717, 1.165) is 5.56 Å². The van der Waals surface area contributed by atoms with Crippen LogP contribution in [0.25, 0.3) is 0 Å². The number of methoxy groups -OCH3 is 1. The van der Waals surface area contributed by atoms with E-state index in [9.17, 15) is 4.39 Å². The van der Waals surface area contributed by atoms with Gasteiger partial charge in [0.2, 0.25) is 0 Å². The van der Waals surface area contributed by atoms with E-state index in [2.05, 4.69) is 0 Å². The Bertz CT molecular complexity index is 634. The van der Waals surface area contributed by atoms with Crippen molar-refractivity contribution in [3.63, 3.8) is 0 Å². The highest BCUT2D eigenvalue weighted by Crippen LogP contribution is 2.24. The third-order valence-electron chi connectivity index (χ3n) is 3.16. The minimum absolute atomic E-state index is 0.195. The predicted octanol–water partition coefficient (Wildman–Crippen LogP) is 3.87. The van der Waals surface area contributed by atoms with Crippen molar-refractivity contribution in [2.45, 2.75) is 13.0 Å². The van der Waals surface area contributed by atoms with Gasteiger partial charge >= 0.3 is 0 Å². The van der Waals surface area contributed by atoms with Gasteiger partial charge in [-0.3, -0.25) is 0 Å². The van der Waals surface area contributed by atoms with Crippen molar-refractivity contribution >= 4 is 11.6 Å². The van der Waals surface area contributed by atoms with Gasteiger partial charge in [-0.1, -0.05) is 17.7 Å². The van der Waals surface area contributed by atoms with Crippen LogP contribution in [0.5, 0.6) is 11.5 Å². The number of ether oxygens (including phenoxy) is 2. The van der Waals surface area contributed by atoms with Crippen LogP contribution >= 0.6 is 11.6 Å². The Morgan fingerprint density at radius 1 is 1.24 bits per heavy atom. The van der Waals surface area contributed by atoms with E-state index >= 15 is 0 Å². The highest BCUT2D eigenvalue weighted by atomic mass is 35.5. The van der Waals surface area contributed by atoms with Gasteiger partial charge in [-0.25, -0.2) is 4.39 Å². The second kappa shape index (κ2) is 6.78. The van der Waals surface area contributed by atoms with Crippen LogP contribution in [0.3, 0.4) is 0 Å². The Hall–Kier alpha value is -1.78. The van der Waals surface area contributed by atoms with Crippen molar-refractivity contribution in [1.82, 2.24) is 0 Å². The molecule has 0 fully saturated rings. The first kappa shape index (κ1) is 15.6. The van der Waals surface area contributed by atoms with Gasteiger partial charge in [-0.15, -0.1) is 0 Å². The normalized spacial score (nSPS) is 12.0. The lowest BCUT2D eigenvalue weighted by molar-refractivity contribution is 0.290. The largest absolute Gasteiger partial charge is 0.494 e. The summed E-state index contributed by atoms with van der Waals surface area (Å²) >= 11 is 5.95. The number of hydrogen-bond acceptors (Lipinski definition) is 3. The molecule has 5 heteroatoms. The van der Waals surface area contributed by atoms with Crippen molar-refractivity contribution in [2.75, 3.05) is 13.7 Å². The second-order valence-electron chi connectivity index (χ2n) is 4.72. The molecule has 0 aromatic heterocycles. The minimum atomic E-state index is -0.437. The monoisotopic (exact) mass is 309 g/mol. The van der Waals surface area contributed by atoms with Gasteiger partial charge in [0, 0.05) is 5.02 Å². The zero-order valence-corrected chi connectivity index (χ0v) is 12.7. The summed E-state index contributed by atoms with van der Waals surface area (Å²) in [7, 11) is 1.42. The van der Waals surface area contributed by atoms with Crippen LogP contribution < -0.4 is 15.2 Å². The summed E-state index contributed by atoms with van der Waals surface area (Å²) in [5, 5.41) is 0.684. The maximum Gasteiger partial charge on any atom is 0.165 e. The molecular formula is C16H17ClFNO2. The molecule has 2 rings (SSSR count). The van der Waals surface area contributed by atoms with E-state index in [-0.39, 0.29) is 12.4 Å². The first-order chi connectivity index (χ1) is 10.0. The molecule has 0 radical (unpaired) electrons. The van der Waals surface area contributed by atoms with Crippen LogP contribution in [0.4, 0.5) is 4.39 Å². The van der Waals surface area contributed by atoms with Crippen LogP contribution in [0.15, 0.2) is 36.4 Å². The van der Waals surface area contributed by atoms with Gasteiger partial charge in [0.05, 0.1) is 13.2 Å². The molecule has 0 aliphatic carbocycles.